The smallest absolute Gasteiger partial charge is 0.251 e. The van der Waals surface area contributed by atoms with Gasteiger partial charge in [-0.3, -0.25) is 4.79 Å². The maximum Gasteiger partial charge on any atom is 0.251 e. The number of amides is 1. The van der Waals surface area contributed by atoms with Gasteiger partial charge in [-0.1, -0.05) is 36.4 Å². The lowest BCUT2D eigenvalue weighted by atomic mass is 10.1. The zero-order valence-corrected chi connectivity index (χ0v) is 19.1. The number of hydrogen-bond donors (Lipinski definition) is 3. The molecule has 32 heavy (non-hydrogen) atoms. The van der Waals surface area contributed by atoms with Crippen LogP contribution in [0, 0.1) is 0 Å². The number of aliphatic hydroxyl groups excluding tert-OH is 1. The second-order valence-electron chi connectivity index (χ2n) is 8.53. The molecule has 1 atom stereocenters. The second kappa shape index (κ2) is 9.68. The lowest BCUT2D eigenvalue weighted by molar-refractivity contribution is 0.0845. The number of nitrogens with one attached hydrogen (secondary N) is 2. The van der Waals surface area contributed by atoms with Gasteiger partial charge < -0.3 is 15.2 Å². The minimum atomic E-state index is -3.67. The van der Waals surface area contributed by atoms with E-state index in [-0.39, 0.29) is 18.0 Å². The molecule has 0 fully saturated rings. The van der Waals surface area contributed by atoms with Crippen molar-refractivity contribution >= 4 is 26.7 Å². The summed E-state index contributed by atoms with van der Waals surface area (Å²) >= 11 is 0. The molecular weight excluding hydrogens is 428 g/mol. The number of ether oxygens (including phenoxy) is 1. The first-order valence-corrected chi connectivity index (χ1v) is 11.7. The van der Waals surface area contributed by atoms with Crippen LogP contribution in [0.5, 0.6) is 5.75 Å². The van der Waals surface area contributed by atoms with Crippen LogP contribution in [0.3, 0.4) is 0 Å². The van der Waals surface area contributed by atoms with Gasteiger partial charge in [-0.25, -0.2) is 13.1 Å². The van der Waals surface area contributed by atoms with Gasteiger partial charge >= 0.3 is 0 Å². The number of hydrogen-bond acceptors (Lipinski definition) is 5. The van der Waals surface area contributed by atoms with Gasteiger partial charge in [-0.05, 0) is 56.5 Å². The maximum absolute atomic E-state index is 12.4. The summed E-state index contributed by atoms with van der Waals surface area (Å²) in [4.78, 5) is 12.4. The summed E-state index contributed by atoms with van der Waals surface area (Å²) in [5, 5.41) is 14.8. The van der Waals surface area contributed by atoms with Crippen molar-refractivity contribution in [2.75, 3.05) is 13.2 Å². The van der Waals surface area contributed by atoms with E-state index in [0.717, 1.165) is 10.8 Å². The standard InChI is InChI=1S/C24H28N2O5S/c1-24(2,3)26-32(29,30)20-13-11-18(12-14-20)23(28)25-15-19(27)16-31-22-10-6-8-17-7-4-5-9-21(17)22/h4-14,19,26-27H,15-16H2,1-3H3,(H,25,28)/t19-/m1/s1. The Balaban J connectivity index is 1.54. The molecule has 0 unspecified atom stereocenters. The summed E-state index contributed by atoms with van der Waals surface area (Å²) < 4.78 is 33.0. The molecule has 0 heterocycles. The number of aliphatic hydroxyl groups is 1. The van der Waals surface area contributed by atoms with Crippen molar-refractivity contribution < 1.29 is 23.1 Å². The van der Waals surface area contributed by atoms with Gasteiger partial charge in [-0.2, -0.15) is 0 Å². The quantitative estimate of drug-likeness (QED) is 0.483. The Morgan fingerprint density at radius 1 is 1.00 bits per heavy atom. The third kappa shape index (κ3) is 6.29. The van der Waals surface area contributed by atoms with Crippen molar-refractivity contribution in [2.24, 2.45) is 0 Å². The maximum atomic E-state index is 12.4. The van der Waals surface area contributed by atoms with E-state index in [1.807, 2.05) is 42.5 Å². The predicted molar refractivity (Wildman–Crippen MR) is 124 cm³/mol. The lowest BCUT2D eigenvalue weighted by Crippen LogP contribution is -2.40. The van der Waals surface area contributed by atoms with E-state index in [1.165, 1.54) is 24.3 Å². The summed E-state index contributed by atoms with van der Waals surface area (Å²) in [7, 11) is -3.67. The van der Waals surface area contributed by atoms with E-state index in [2.05, 4.69) is 10.0 Å². The third-order valence-corrected chi connectivity index (χ3v) is 6.32. The fourth-order valence-electron chi connectivity index (χ4n) is 3.13. The predicted octanol–water partition coefficient (Wildman–Crippen LogP) is 3.09. The van der Waals surface area contributed by atoms with Gasteiger partial charge in [-0.15, -0.1) is 0 Å². The van der Waals surface area contributed by atoms with Gasteiger partial charge in [0, 0.05) is 23.0 Å². The molecule has 0 radical (unpaired) electrons. The van der Waals surface area contributed by atoms with Crippen LogP contribution in [-0.2, 0) is 10.0 Å². The zero-order chi connectivity index (χ0) is 23.4. The molecule has 8 heteroatoms. The molecule has 3 N–H and O–H groups in total. The highest BCUT2D eigenvalue weighted by Gasteiger charge is 2.22. The Morgan fingerprint density at radius 3 is 2.34 bits per heavy atom. The molecule has 170 valence electrons. The second-order valence-corrected chi connectivity index (χ2v) is 10.2. The topological polar surface area (TPSA) is 105 Å². The van der Waals surface area contributed by atoms with E-state index >= 15 is 0 Å². The van der Waals surface area contributed by atoms with Crippen LogP contribution in [0.2, 0.25) is 0 Å². The number of carbonyl (C=O) groups is 1. The van der Waals surface area contributed by atoms with E-state index in [4.69, 9.17) is 4.74 Å². The molecule has 3 aromatic rings. The number of carbonyl (C=O) groups excluding carboxylic acids is 1. The number of sulfonamides is 1. The van der Waals surface area contributed by atoms with E-state index in [0.29, 0.717) is 11.3 Å². The average molecular weight is 457 g/mol. The molecule has 7 nitrogen and oxygen atoms in total. The summed E-state index contributed by atoms with van der Waals surface area (Å²) in [6.07, 6.45) is -0.909. The van der Waals surface area contributed by atoms with Crippen LogP contribution < -0.4 is 14.8 Å². The van der Waals surface area contributed by atoms with Crippen LogP contribution in [0.25, 0.3) is 10.8 Å². The highest BCUT2D eigenvalue weighted by atomic mass is 32.2. The summed E-state index contributed by atoms with van der Waals surface area (Å²) in [5.74, 6) is 0.246. The van der Waals surface area contributed by atoms with Gasteiger partial charge in [0.15, 0.2) is 0 Å². The molecule has 0 aliphatic rings. The van der Waals surface area contributed by atoms with Crippen LogP contribution in [0.1, 0.15) is 31.1 Å². The lowest BCUT2D eigenvalue weighted by Gasteiger charge is -2.20. The number of fused-ring (bicyclic) bond motifs is 1. The Bertz CT molecular complexity index is 1180. The molecule has 0 aliphatic heterocycles. The van der Waals surface area contributed by atoms with Crippen molar-refractivity contribution in [1.29, 1.82) is 0 Å². The van der Waals surface area contributed by atoms with E-state index in [1.54, 1.807) is 20.8 Å². The first-order valence-electron chi connectivity index (χ1n) is 10.3. The Hall–Kier alpha value is -2.94. The van der Waals surface area contributed by atoms with Gasteiger partial charge in [0.05, 0.1) is 4.90 Å². The normalized spacial score (nSPS) is 13.0. The highest BCUT2D eigenvalue weighted by molar-refractivity contribution is 7.89. The van der Waals surface area contributed by atoms with Crippen molar-refractivity contribution in [3.05, 3.63) is 72.3 Å². The van der Waals surface area contributed by atoms with Crippen LogP contribution >= 0.6 is 0 Å². The molecule has 0 aromatic heterocycles. The fraction of sp³-hybridized carbons (Fsp3) is 0.292. The van der Waals surface area contributed by atoms with Gasteiger partial charge in [0.1, 0.15) is 18.5 Å². The zero-order valence-electron chi connectivity index (χ0n) is 18.3. The van der Waals surface area contributed by atoms with Crippen molar-refractivity contribution in [1.82, 2.24) is 10.0 Å². The Morgan fingerprint density at radius 2 is 1.66 bits per heavy atom. The minimum absolute atomic E-state index is 0.00473. The van der Waals surface area contributed by atoms with Crippen molar-refractivity contribution in [3.8, 4) is 5.75 Å². The largest absolute Gasteiger partial charge is 0.490 e. The van der Waals surface area contributed by atoms with Crippen molar-refractivity contribution in [2.45, 2.75) is 37.3 Å². The molecule has 0 saturated heterocycles. The first-order chi connectivity index (χ1) is 15.0. The van der Waals surface area contributed by atoms with Crippen molar-refractivity contribution in [3.63, 3.8) is 0 Å². The highest BCUT2D eigenvalue weighted by Crippen LogP contribution is 2.25. The molecule has 1 amide bonds. The molecule has 0 saturated carbocycles. The first kappa shape index (κ1) is 23.7. The van der Waals surface area contributed by atoms with Crippen LogP contribution in [0.4, 0.5) is 0 Å². The third-order valence-electron chi connectivity index (χ3n) is 4.55. The Kier molecular flexibility index (Phi) is 7.18. The van der Waals surface area contributed by atoms with Crippen LogP contribution in [0.15, 0.2) is 71.6 Å². The molecule has 0 aliphatic carbocycles. The Labute approximate surface area is 188 Å². The molecule has 0 bridgehead atoms. The molecule has 0 spiro atoms. The SMILES string of the molecule is CC(C)(C)NS(=O)(=O)c1ccc(C(=O)NC[C@@H](O)COc2cccc3ccccc23)cc1. The van der Waals surface area contributed by atoms with Gasteiger partial charge in [0.2, 0.25) is 10.0 Å². The average Bonchev–Trinajstić information content (AvgIpc) is 2.74. The molecule has 3 aromatic carbocycles. The molecule has 3 rings (SSSR count). The summed E-state index contributed by atoms with van der Waals surface area (Å²) in [6, 6.07) is 19.1. The van der Waals surface area contributed by atoms with E-state index < -0.39 is 27.6 Å². The number of benzene rings is 3. The van der Waals surface area contributed by atoms with Gasteiger partial charge in [0.25, 0.3) is 5.91 Å². The van der Waals surface area contributed by atoms with E-state index in [9.17, 15) is 18.3 Å². The monoisotopic (exact) mass is 456 g/mol. The van der Waals surface area contributed by atoms with Crippen LogP contribution in [-0.4, -0.2) is 44.2 Å². The minimum Gasteiger partial charge on any atom is -0.490 e. The molecular formula is C24H28N2O5S. The summed E-state index contributed by atoms with van der Waals surface area (Å²) in [6.45, 7) is 5.27. The fourth-order valence-corrected chi connectivity index (χ4v) is 4.54. The summed E-state index contributed by atoms with van der Waals surface area (Å²) in [5.41, 5.74) is -0.319. The number of rotatable bonds is 8.